The van der Waals surface area contributed by atoms with Crippen molar-refractivity contribution < 1.29 is 5.11 Å². The van der Waals surface area contributed by atoms with Crippen molar-refractivity contribution in [2.45, 2.75) is 19.6 Å². The summed E-state index contributed by atoms with van der Waals surface area (Å²) < 4.78 is 0.667. The second kappa shape index (κ2) is 11.1. The summed E-state index contributed by atoms with van der Waals surface area (Å²) in [4.78, 5) is 5.32. The molecule has 0 aliphatic carbocycles. The van der Waals surface area contributed by atoms with Crippen molar-refractivity contribution in [2.24, 2.45) is 4.99 Å². The van der Waals surface area contributed by atoms with Gasteiger partial charge in [-0.3, -0.25) is 0 Å². The molecule has 132 valence electrons. The normalized spacial score (nSPS) is 12.4. The minimum atomic E-state index is -0.623. The quantitative estimate of drug-likeness (QED) is 0.312. The number of aliphatic imine (C=N–C) groups is 1. The number of guanidine groups is 1. The molecule has 0 saturated carbocycles. The molecular formula is C16H20Cl2IN3OS. The van der Waals surface area contributed by atoms with Gasteiger partial charge in [0.2, 0.25) is 0 Å². The fourth-order valence-corrected chi connectivity index (χ4v) is 3.21. The maximum Gasteiger partial charge on any atom is 0.191 e. The molecule has 1 atom stereocenters. The van der Waals surface area contributed by atoms with Crippen molar-refractivity contribution in [1.82, 2.24) is 10.6 Å². The average Bonchev–Trinajstić information content (AvgIpc) is 2.96. The molecule has 1 unspecified atom stereocenters. The Morgan fingerprint density at radius 3 is 2.67 bits per heavy atom. The molecule has 0 aliphatic heterocycles. The van der Waals surface area contributed by atoms with E-state index in [1.54, 1.807) is 6.07 Å². The van der Waals surface area contributed by atoms with Gasteiger partial charge in [0.1, 0.15) is 6.10 Å². The predicted octanol–water partition coefficient (Wildman–Crippen LogP) is 4.46. The number of hydrogen-bond acceptors (Lipinski definition) is 3. The van der Waals surface area contributed by atoms with Gasteiger partial charge < -0.3 is 15.7 Å². The molecule has 2 rings (SSSR count). The van der Waals surface area contributed by atoms with Crippen LogP contribution in [0, 0.1) is 0 Å². The molecule has 0 aliphatic rings. The van der Waals surface area contributed by atoms with Gasteiger partial charge in [0.25, 0.3) is 0 Å². The summed E-state index contributed by atoms with van der Waals surface area (Å²) >= 11 is 13.2. The summed E-state index contributed by atoms with van der Waals surface area (Å²) in [6.45, 7) is 3.60. The first-order valence-electron chi connectivity index (χ1n) is 7.28. The summed E-state index contributed by atoms with van der Waals surface area (Å²) in [5.74, 6) is 0.647. The lowest BCUT2D eigenvalue weighted by atomic mass is 10.2. The van der Waals surface area contributed by atoms with E-state index < -0.39 is 6.10 Å². The molecule has 1 aromatic heterocycles. The van der Waals surface area contributed by atoms with Gasteiger partial charge in [0.05, 0.1) is 10.9 Å². The summed E-state index contributed by atoms with van der Waals surface area (Å²) in [5, 5.41) is 17.1. The molecule has 0 amide bonds. The number of nitrogens with zero attached hydrogens (tertiary/aromatic N) is 1. The molecule has 2 aromatic rings. The number of aliphatic hydroxyl groups is 1. The van der Waals surface area contributed by atoms with E-state index in [9.17, 15) is 5.11 Å². The van der Waals surface area contributed by atoms with E-state index in [1.807, 2.05) is 37.3 Å². The molecule has 4 nitrogen and oxygen atoms in total. The van der Waals surface area contributed by atoms with E-state index in [0.29, 0.717) is 28.4 Å². The van der Waals surface area contributed by atoms with Gasteiger partial charge in [-0.2, -0.15) is 0 Å². The third-order valence-electron chi connectivity index (χ3n) is 3.04. The fraction of sp³-hybridized carbons (Fsp3) is 0.312. The zero-order valence-corrected chi connectivity index (χ0v) is 17.8. The Morgan fingerprint density at radius 2 is 2.04 bits per heavy atom. The smallest absolute Gasteiger partial charge is 0.191 e. The van der Waals surface area contributed by atoms with Crippen molar-refractivity contribution in [3.63, 3.8) is 0 Å². The first-order chi connectivity index (χ1) is 11.1. The third kappa shape index (κ3) is 7.14. The minimum Gasteiger partial charge on any atom is -0.386 e. The Labute approximate surface area is 173 Å². The Kier molecular flexibility index (Phi) is 9.99. The summed E-state index contributed by atoms with van der Waals surface area (Å²) in [6, 6.07) is 11.2. The van der Waals surface area contributed by atoms with E-state index in [0.717, 1.165) is 17.0 Å². The van der Waals surface area contributed by atoms with E-state index in [1.165, 1.54) is 11.3 Å². The number of aliphatic hydroxyl groups excluding tert-OH is 1. The van der Waals surface area contributed by atoms with E-state index in [4.69, 9.17) is 23.2 Å². The first kappa shape index (κ1) is 21.5. The highest BCUT2D eigenvalue weighted by Crippen LogP contribution is 2.26. The van der Waals surface area contributed by atoms with Crippen LogP contribution in [0.2, 0.25) is 9.36 Å². The van der Waals surface area contributed by atoms with Gasteiger partial charge in [-0.1, -0.05) is 35.3 Å². The maximum absolute atomic E-state index is 10.2. The van der Waals surface area contributed by atoms with Crippen LogP contribution in [0.4, 0.5) is 0 Å². The summed E-state index contributed by atoms with van der Waals surface area (Å²) in [6.07, 6.45) is -0.623. The SMILES string of the molecule is CCNC(=NCc1cccc(Cl)c1)NCC(O)c1ccc(Cl)s1.I. The minimum absolute atomic E-state index is 0. The van der Waals surface area contributed by atoms with Crippen molar-refractivity contribution >= 4 is 64.5 Å². The van der Waals surface area contributed by atoms with Crippen molar-refractivity contribution in [3.8, 4) is 0 Å². The van der Waals surface area contributed by atoms with Crippen molar-refractivity contribution in [2.75, 3.05) is 13.1 Å². The monoisotopic (exact) mass is 499 g/mol. The number of rotatable bonds is 6. The topological polar surface area (TPSA) is 56.7 Å². The van der Waals surface area contributed by atoms with E-state index >= 15 is 0 Å². The van der Waals surface area contributed by atoms with Crippen LogP contribution in [0.5, 0.6) is 0 Å². The highest BCUT2D eigenvalue weighted by Gasteiger charge is 2.10. The molecule has 0 radical (unpaired) electrons. The second-order valence-corrected chi connectivity index (χ2v) is 7.05. The zero-order valence-electron chi connectivity index (χ0n) is 13.1. The van der Waals surface area contributed by atoms with E-state index in [2.05, 4.69) is 15.6 Å². The van der Waals surface area contributed by atoms with Crippen LogP contribution in [-0.4, -0.2) is 24.2 Å². The second-order valence-electron chi connectivity index (χ2n) is 4.86. The molecule has 3 N–H and O–H groups in total. The highest BCUT2D eigenvalue weighted by molar-refractivity contribution is 14.0. The first-order valence-corrected chi connectivity index (χ1v) is 8.85. The predicted molar refractivity (Wildman–Crippen MR) is 114 cm³/mol. The van der Waals surface area contributed by atoms with E-state index in [-0.39, 0.29) is 24.0 Å². The zero-order chi connectivity index (χ0) is 16.7. The third-order valence-corrected chi connectivity index (χ3v) is 4.61. The standard InChI is InChI=1S/C16H19Cl2N3OS.HI/c1-2-19-16(20-9-11-4-3-5-12(17)8-11)21-10-13(22)14-6-7-15(18)23-14;/h3-8,13,22H,2,9-10H2,1H3,(H2,19,20,21);1H. The van der Waals surface area contributed by atoms with Gasteiger partial charge in [0, 0.05) is 23.0 Å². The largest absolute Gasteiger partial charge is 0.386 e. The number of benzene rings is 1. The molecule has 24 heavy (non-hydrogen) atoms. The van der Waals surface area contributed by atoms with Gasteiger partial charge in [-0.05, 0) is 36.8 Å². The maximum atomic E-state index is 10.2. The van der Waals surface area contributed by atoms with Gasteiger partial charge in [-0.15, -0.1) is 35.3 Å². The number of thiophene rings is 1. The molecule has 1 aromatic carbocycles. The van der Waals surface area contributed by atoms with Crippen LogP contribution < -0.4 is 10.6 Å². The van der Waals surface area contributed by atoms with Gasteiger partial charge in [-0.25, -0.2) is 4.99 Å². The molecule has 0 bridgehead atoms. The van der Waals surface area contributed by atoms with Crippen LogP contribution >= 0.6 is 58.5 Å². The molecule has 0 fully saturated rings. The van der Waals surface area contributed by atoms with Gasteiger partial charge >= 0.3 is 0 Å². The molecular weight excluding hydrogens is 480 g/mol. The highest BCUT2D eigenvalue weighted by atomic mass is 127. The Balaban J connectivity index is 0.00000288. The summed E-state index contributed by atoms with van der Waals surface area (Å²) in [5.41, 5.74) is 1.03. The summed E-state index contributed by atoms with van der Waals surface area (Å²) in [7, 11) is 0. The van der Waals surface area contributed by atoms with Crippen LogP contribution in [0.15, 0.2) is 41.4 Å². The molecule has 1 heterocycles. The lowest BCUT2D eigenvalue weighted by molar-refractivity contribution is 0.184. The number of hydrogen-bond donors (Lipinski definition) is 3. The van der Waals surface area contributed by atoms with Crippen molar-refractivity contribution in [1.29, 1.82) is 0 Å². The van der Waals surface area contributed by atoms with Crippen LogP contribution in [0.1, 0.15) is 23.5 Å². The van der Waals surface area contributed by atoms with Crippen LogP contribution in [0.3, 0.4) is 0 Å². The number of nitrogens with one attached hydrogen (secondary N) is 2. The van der Waals surface area contributed by atoms with Gasteiger partial charge in [0.15, 0.2) is 5.96 Å². The lowest BCUT2D eigenvalue weighted by Gasteiger charge is -2.14. The average molecular weight is 500 g/mol. The Bertz CT molecular complexity index is 666. The molecule has 0 saturated heterocycles. The van der Waals surface area contributed by atoms with Crippen LogP contribution in [-0.2, 0) is 6.54 Å². The number of halogens is 3. The van der Waals surface area contributed by atoms with Crippen LogP contribution in [0.25, 0.3) is 0 Å². The Hall–Kier alpha value is -0.540. The fourth-order valence-electron chi connectivity index (χ4n) is 1.95. The molecule has 8 heteroatoms. The molecule has 0 spiro atoms. The lowest BCUT2D eigenvalue weighted by Crippen LogP contribution is -2.39. The Morgan fingerprint density at radius 1 is 1.25 bits per heavy atom. The van der Waals surface area contributed by atoms with Crippen molar-refractivity contribution in [3.05, 3.63) is 56.2 Å².